The molecule has 2 saturated carbocycles. The Morgan fingerprint density at radius 3 is 1.61 bits per heavy atom. The largest absolute Gasteiger partial charge is 0.285 e. The van der Waals surface area contributed by atoms with Gasteiger partial charge in [-0.1, -0.05) is 87.1 Å². The van der Waals surface area contributed by atoms with Crippen molar-refractivity contribution in [3.63, 3.8) is 0 Å². The number of carbonyl (C=O) groups is 4. The Labute approximate surface area is 307 Å². The molecule has 2 fully saturated rings. The van der Waals surface area contributed by atoms with Crippen molar-refractivity contribution in [1.82, 2.24) is 0 Å². The summed E-state index contributed by atoms with van der Waals surface area (Å²) in [6, 6.07) is 19.4. The third-order valence-electron chi connectivity index (χ3n) is 12.6. The van der Waals surface area contributed by atoms with E-state index in [4.69, 9.17) is 0 Å². The molecule has 0 unspecified atom stereocenters. The van der Waals surface area contributed by atoms with Crippen molar-refractivity contribution in [2.75, 3.05) is 0 Å². The zero-order valence-electron chi connectivity index (χ0n) is 27.9. The van der Waals surface area contributed by atoms with Gasteiger partial charge in [-0.05, 0) is 83.4 Å². The molecule has 4 nitrogen and oxygen atoms in total. The molecule has 0 atom stereocenters. The molecule has 0 aliphatic heterocycles. The van der Waals surface area contributed by atoms with Crippen molar-refractivity contribution < 1.29 is 19.2 Å². The van der Waals surface area contributed by atoms with Gasteiger partial charge in [0, 0.05) is 57.3 Å². The lowest BCUT2D eigenvalue weighted by Gasteiger charge is -2.37. The Morgan fingerprint density at radius 1 is 0.510 bits per heavy atom. The maximum Gasteiger partial charge on any atom is 0.234 e. The average molecular weight is 721 g/mol. The lowest BCUT2D eigenvalue weighted by Crippen LogP contribution is -2.28. The summed E-state index contributed by atoms with van der Waals surface area (Å²) < 4.78 is 2.63. The van der Waals surface area contributed by atoms with Gasteiger partial charge in [0.05, 0.1) is 4.70 Å². The van der Waals surface area contributed by atoms with Gasteiger partial charge in [-0.2, -0.15) is 0 Å². The van der Waals surface area contributed by atoms with Gasteiger partial charge < -0.3 is 0 Å². The Hall–Kier alpha value is -4.30. The number of fused-ring (bicyclic) bond motifs is 12. The third kappa shape index (κ3) is 3.89. The Kier molecular flexibility index (Phi) is 6.32. The topological polar surface area (TPSA) is 68.3 Å². The van der Waals surface area contributed by atoms with E-state index in [2.05, 4.69) is 12.1 Å². The van der Waals surface area contributed by atoms with E-state index in [1.807, 2.05) is 71.2 Å². The number of hydrogen-bond donors (Lipinski definition) is 0. The Bertz CT molecular complexity index is 2570. The predicted molar refractivity (Wildman–Crippen MR) is 208 cm³/mol. The number of rotatable bonds is 2. The molecule has 0 radical (unpaired) electrons. The van der Waals surface area contributed by atoms with Crippen LogP contribution in [0.1, 0.15) is 127 Å². The first-order chi connectivity index (χ1) is 24.9. The minimum atomic E-state index is -0.412. The fraction of sp³-hybridized carbons (Fsp3) is 0.273. The molecule has 6 aliphatic rings. The third-order valence-corrected chi connectivity index (χ3v) is 16.1. The van der Waals surface area contributed by atoms with Crippen LogP contribution in [-0.2, 0) is 20.4 Å². The van der Waals surface area contributed by atoms with Gasteiger partial charge in [0.25, 0.3) is 0 Å². The first-order valence-corrected chi connectivity index (χ1v) is 20.6. The second kappa shape index (κ2) is 10.6. The van der Waals surface area contributed by atoms with Gasteiger partial charge in [0.1, 0.15) is 0 Å². The Balaban J connectivity index is 1.09. The molecule has 2 aromatic carbocycles. The number of benzene rings is 2. The van der Waals surface area contributed by atoms with Gasteiger partial charge in [-0.25, -0.2) is 0 Å². The molecule has 51 heavy (non-hydrogen) atoms. The van der Waals surface area contributed by atoms with E-state index in [1.165, 1.54) is 68.8 Å². The number of ketones is 4. The van der Waals surface area contributed by atoms with E-state index in [0.29, 0.717) is 22.3 Å². The molecule has 11 rings (SSSR count). The first-order valence-electron chi connectivity index (χ1n) is 18.2. The van der Waals surface area contributed by atoms with Gasteiger partial charge in [-0.15, -0.1) is 34.0 Å². The molecule has 3 heterocycles. The second-order valence-electron chi connectivity index (χ2n) is 15.1. The van der Waals surface area contributed by atoms with Crippen LogP contribution in [0.15, 0.2) is 60.7 Å². The predicted octanol–water partition coefficient (Wildman–Crippen LogP) is 11.0. The summed E-state index contributed by atoms with van der Waals surface area (Å²) in [7, 11) is 0. The van der Waals surface area contributed by atoms with Crippen LogP contribution in [0.25, 0.3) is 43.8 Å². The van der Waals surface area contributed by atoms with Crippen LogP contribution in [0.4, 0.5) is 0 Å². The minimum absolute atomic E-state index is 0.0304. The van der Waals surface area contributed by atoms with Crippen molar-refractivity contribution in [2.45, 2.75) is 75.0 Å². The van der Waals surface area contributed by atoms with E-state index in [9.17, 15) is 19.2 Å². The van der Waals surface area contributed by atoms with Crippen LogP contribution < -0.4 is 0 Å². The lowest BCUT2D eigenvalue weighted by molar-refractivity contribution is -0.110. The Morgan fingerprint density at radius 2 is 1.02 bits per heavy atom. The quantitative estimate of drug-likeness (QED) is 0.134. The summed E-state index contributed by atoms with van der Waals surface area (Å²) >= 11 is 5.56. The van der Waals surface area contributed by atoms with Gasteiger partial charge in [0.2, 0.25) is 23.1 Å². The molecule has 2 spiro atoms. The number of Topliss-reactive ketones (excluding diaryl/α,β-unsaturated/α-hetero) is 4. The molecule has 7 heteroatoms. The molecule has 3 aromatic heterocycles. The molecular weight excluding hydrogens is 689 g/mol. The van der Waals surface area contributed by atoms with Crippen LogP contribution in [0.2, 0.25) is 0 Å². The molecule has 250 valence electrons. The summed E-state index contributed by atoms with van der Waals surface area (Å²) in [5.74, 6) is -1.63. The van der Waals surface area contributed by atoms with E-state index in [1.54, 1.807) is 34.6 Å². The van der Waals surface area contributed by atoms with Crippen LogP contribution in [0.3, 0.4) is 0 Å². The van der Waals surface area contributed by atoms with E-state index in [0.717, 1.165) is 46.6 Å². The zero-order chi connectivity index (χ0) is 34.2. The van der Waals surface area contributed by atoms with Crippen molar-refractivity contribution in [2.24, 2.45) is 0 Å². The highest BCUT2D eigenvalue weighted by Gasteiger charge is 2.59. The molecule has 0 saturated heterocycles. The van der Waals surface area contributed by atoms with Gasteiger partial charge in [-0.3, -0.25) is 19.2 Å². The maximum absolute atomic E-state index is 13.2. The van der Waals surface area contributed by atoms with E-state index >= 15 is 0 Å². The van der Waals surface area contributed by atoms with Crippen LogP contribution in [-0.4, -0.2) is 23.1 Å². The average Bonchev–Trinajstić information content (AvgIpc) is 4.00. The van der Waals surface area contributed by atoms with Crippen LogP contribution in [0.5, 0.6) is 0 Å². The SMILES string of the molecule is O=C1C(=O)c2ccccc2/C1=C/c1cc2c(s1)C1=C(c3sc4cc(/C=C5\C(=O)C(=O)c6ccccc65)sc4c3C13CCCCC3)C21CCCCC1. The number of allylic oxidation sites excluding steroid dienone is 4. The normalized spacial score (nSPS) is 22.6. The summed E-state index contributed by atoms with van der Waals surface area (Å²) in [6.07, 6.45) is 15.8. The molecule has 6 aliphatic carbocycles. The summed E-state index contributed by atoms with van der Waals surface area (Å²) in [5.41, 5.74) is 9.56. The second-order valence-corrected chi connectivity index (χ2v) is 18.3. The number of thiophene rings is 3. The van der Waals surface area contributed by atoms with E-state index < -0.39 is 23.1 Å². The lowest BCUT2D eigenvalue weighted by atomic mass is 9.67. The summed E-state index contributed by atoms with van der Waals surface area (Å²) in [4.78, 5) is 57.0. The number of carbonyl (C=O) groups excluding carboxylic acids is 4. The molecule has 0 bridgehead atoms. The first kappa shape index (κ1) is 30.3. The molecular formula is C44H32O4S3. The van der Waals surface area contributed by atoms with Gasteiger partial charge in [0.15, 0.2) is 0 Å². The van der Waals surface area contributed by atoms with Crippen molar-refractivity contribution in [3.05, 3.63) is 114 Å². The highest BCUT2D eigenvalue weighted by Crippen LogP contribution is 2.72. The van der Waals surface area contributed by atoms with E-state index in [-0.39, 0.29) is 10.8 Å². The smallest absolute Gasteiger partial charge is 0.234 e. The standard InChI is InChI=1S/C44H32O4S3/c45-36-27-13-5-3-11-25(27)29(38(36)47)19-23-21-31-40(49-23)33-34(43(31)15-7-1-8-16-43)42-35(44(33)17-9-2-10-18-44)41-32(51-42)22-24(50-41)20-30-26-12-4-6-14-28(26)37(46)39(30)48/h3-6,11-14,19-22H,1-2,7-10,15-18H2/b29-19-,30-20-. The van der Waals surface area contributed by atoms with Gasteiger partial charge >= 0.3 is 0 Å². The molecule has 0 N–H and O–H groups in total. The van der Waals surface area contributed by atoms with Crippen LogP contribution in [0, 0.1) is 0 Å². The monoisotopic (exact) mass is 720 g/mol. The fourth-order valence-electron chi connectivity index (χ4n) is 10.5. The van der Waals surface area contributed by atoms with Crippen molar-refractivity contribution in [3.8, 4) is 0 Å². The van der Waals surface area contributed by atoms with Crippen LogP contribution >= 0.6 is 34.0 Å². The zero-order valence-corrected chi connectivity index (χ0v) is 30.3. The summed E-state index contributed by atoms with van der Waals surface area (Å²) in [6.45, 7) is 0. The minimum Gasteiger partial charge on any atom is -0.285 e. The fourth-order valence-corrected chi connectivity index (χ4v) is 14.8. The van der Waals surface area contributed by atoms with Crippen molar-refractivity contribution in [1.29, 1.82) is 0 Å². The summed E-state index contributed by atoms with van der Waals surface area (Å²) in [5, 5.41) is 0. The maximum atomic E-state index is 13.2. The molecule has 0 amide bonds. The van der Waals surface area contributed by atoms with Crippen molar-refractivity contribution >= 4 is 101 Å². The molecule has 5 aromatic rings. The number of hydrogen-bond acceptors (Lipinski definition) is 7. The highest BCUT2D eigenvalue weighted by atomic mass is 32.1. The highest BCUT2D eigenvalue weighted by molar-refractivity contribution is 7.29.